The first kappa shape index (κ1) is 16.4. The summed E-state index contributed by atoms with van der Waals surface area (Å²) < 4.78 is 35.2. The Hall–Kier alpha value is -2.01. The minimum absolute atomic E-state index is 0.104. The van der Waals surface area contributed by atoms with E-state index in [9.17, 15) is 8.42 Å². The molecular formula is C17H20O4S. The van der Waals surface area contributed by atoms with Gasteiger partial charge in [-0.25, -0.2) is 0 Å². The number of ether oxygens (including phenoxy) is 1. The van der Waals surface area contributed by atoms with Crippen molar-refractivity contribution in [1.82, 2.24) is 0 Å². The molecule has 0 N–H and O–H groups in total. The van der Waals surface area contributed by atoms with Crippen LogP contribution < -0.4 is 8.92 Å². The van der Waals surface area contributed by atoms with Gasteiger partial charge in [0.1, 0.15) is 16.4 Å². The van der Waals surface area contributed by atoms with Gasteiger partial charge in [-0.1, -0.05) is 32.0 Å². The van der Waals surface area contributed by atoms with Crippen molar-refractivity contribution in [2.45, 2.75) is 31.1 Å². The Morgan fingerprint density at radius 1 is 1.05 bits per heavy atom. The van der Waals surface area contributed by atoms with Gasteiger partial charge < -0.3 is 8.92 Å². The quantitative estimate of drug-likeness (QED) is 0.756. The van der Waals surface area contributed by atoms with Gasteiger partial charge in [-0.05, 0) is 48.2 Å². The van der Waals surface area contributed by atoms with Crippen molar-refractivity contribution in [3.05, 3.63) is 54.1 Å². The fourth-order valence-electron chi connectivity index (χ4n) is 2.09. The third kappa shape index (κ3) is 3.60. The van der Waals surface area contributed by atoms with Crippen molar-refractivity contribution in [1.29, 1.82) is 0 Å². The Kier molecular flexibility index (Phi) is 5.08. The molecule has 0 saturated heterocycles. The lowest BCUT2D eigenvalue weighted by Crippen LogP contribution is -2.11. The summed E-state index contributed by atoms with van der Waals surface area (Å²) in [5.41, 5.74) is 0.891. The van der Waals surface area contributed by atoms with E-state index in [0.717, 1.165) is 12.0 Å². The number of hydrogen-bond acceptors (Lipinski definition) is 4. The molecular weight excluding hydrogens is 300 g/mol. The standard InChI is InChI=1S/C17H20O4S/c1-4-13(2)16-7-5-6-8-17(16)21-22(18,19)15-11-9-14(20-3)10-12-15/h5-13H,4H2,1-3H3. The highest BCUT2D eigenvalue weighted by atomic mass is 32.2. The zero-order valence-corrected chi connectivity index (χ0v) is 13.8. The van der Waals surface area contributed by atoms with Crippen molar-refractivity contribution in [2.75, 3.05) is 7.11 Å². The molecule has 118 valence electrons. The minimum atomic E-state index is -3.86. The average molecular weight is 320 g/mol. The highest BCUT2D eigenvalue weighted by molar-refractivity contribution is 7.87. The van der Waals surface area contributed by atoms with Gasteiger partial charge in [0, 0.05) is 0 Å². The summed E-state index contributed by atoms with van der Waals surface area (Å²) in [6.07, 6.45) is 0.906. The van der Waals surface area contributed by atoms with Gasteiger partial charge >= 0.3 is 10.1 Å². The van der Waals surface area contributed by atoms with E-state index >= 15 is 0 Å². The topological polar surface area (TPSA) is 52.6 Å². The SMILES string of the molecule is CCC(C)c1ccccc1OS(=O)(=O)c1ccc(OC)cc1. The Bertz CT molecular complexity index is 721. The second-order valence-corrected chi connectivity index (χ2v) is 6.61. The summed E-state index contributed by atoms with van der Waals surface area (Å²) in [6, 6.07) is 13.4. The van der Waals surface area contributed by atoms with Crippen LogP contribution in [0.5, 0.6) is 11.5 Å². The fraction of sp³-hybridized carbons (Fsp3) is 0.294. The third-order valence-electron chi connectivity index (χ3n) is 3.61. The van der Waals surface area contributed by atoms with E-state index in [2.05, 4.69) is 6.92 Å². The van der Waals surface area contributed by atoms with E-state index in [4.69, 9.17) is 8.92 Å². The van der Waals surface area contributed by atoms with E-state index < -0.39 is 10.1 Å². The molecule has 0 aromatic heterocycles. The first-order valence-corrected chi connectivity index (χ1v) is 8.56. The molecule has 5 heteroatoms. The lowest BCUT2D eigenvalue weighted by molar-refractivity contribution is 0.414. The number of rotatable bonds is 6. The maximum atomic E-state index is 12.4. The molecule has 0 aliphatic heterocycles. The zero-order valence-electron chi connectivity index (χ0n) is 12.9. The van der Waals surface area contributed by atoms with Crippen LogP contribution in [-0.2, 0) is 10.1 Å². The molecule has 0 aliphatic carbocycles. The summed E-state index contributed by atoms with van der Waals surface area (Å²) in [4.78, 5) is 0.104. The predicted octanol–water partition coefficient (Wildman–Crippen LogP) is 3.98. The Morgan fingerprint density at radius 3 is 2.27 bits per heavy atom. The van der Waals surface area contributed by atoms with Crippen LogP contribution in [0, 0.1) is 0 Å². The summed E-state index contributed by atoms with van der Waals surface area (Å²) in [5.74, 6) is 1.20. The molecule has 2 rings (SSSR count). The highest BCUT2D eigenvalue weighted by Crippen LogP contribution is 2.30. The molecule has 2 aromatic carbocycles. The van der Waals surface area contributed by atoms with E-state index in [1.54, 1.807) is 24.3 Å². The first-order chi connectivity index (χ1) is 10.5. The molecule has 0 spiro atoms. The van der Waals surface area contributed by atoms with Crippen molar-refractivity contribution in [3.63, 3.8) is 0 Å². The van der Waals surface area contributed by atoms with Crippen LogP contribution in [-0.4, -0.2) is 15.5 Å². The van der Waals surface area contributed by atoms with Gasteiger partial charge in [0.25, 0.3) is 0 Å². The number of hydrogen-bond donors (Lipinski definition) is 0. The van der Waals surface area contributed by atoms with Crippen molar-refractivity contribution >= 4 is 10.1 Å². The predicted molar refractivity (Wildman–Crippen MR) is 86.0 cm³/mol. The molecule has 0 aliphatic rings. The van der Waals surface area contributed by atoms with Gasteiger partial charge in [0.05, 0.1) is 7.11 Å². The fourth-order valence-corrected chi connectivity index (χ4v) is 3.05. The van der Waals surface area contributed by atoms with Crippen LogP contribution in [0.1, 0.15) is 31.7 Å². The van der Waals surface area contributed by atoms with Crippen molar-refractivity contribution < 1.29 is 17.3 Å². The second-order valence-electron chi connectivity index (χ2n) is 5.06. The zero-order chi connectivity index (χ0) is 16.2. The number of methoxy groups -OCH3 is 1. The van der Waals surface area contributed by atoms with Crippen molar-refractivity contribution in [2.24, 2.45) is 0 Å². The number of benzene rings is 2. The first-order valence-electron chi connectivity index (χ1n) is 7.15. The molecule has 4 nitrogen and oxygen atoms in total. The largest absolute Gasteiger partial charge is 0.497 e. The maximum Gasteiger partial charge on any atom is 0.339 e. The van der Waals surface area contributed by atoms with Crippen LogP contribution >= 0.6 is 0 Å². The lowest BCUT2D eigenvalue weighted by atomic mass is 9.98. The van der Waals surface area contributed by atoms with Crippen molar-refractivity contribution in [3.8, 4) is 11.5 Å². The van der Waals surface area contributed by atoms with Gasteiger partial charge in [0.2, 0.25) is 0 Å². The van der Waals surface area contributed by atoms with Gasteiger partial charge in [0.15, 0.2) is 0 Å². The molecule has 2 aromatic rings. The molecule has 0 amide bonds. The van der Waals surface area contributed by atoms with Crippen LogP contribution in [0.2, 0.25) is 0 Å². The Labute approximate surface area is 131 Å². The summed E-state index contributed by atoms with van der Waals surface area (Å²) in [7, 11) is -2.33. The Balaban J connectivity index is 2.32. The molecule has 1 unspecified atom stereocenters. The lowest BCUT2D eigenvalue weighted by Gasteiger charge is -2.15. The van der Waals surface area contributed by atoms with Crippen LogP contribution in [0.15, 0.2) is 53.4 Å². The van der Waals surface area contributed by atoms with Gasteiger partial charge in [-0.3, -0.25) is 0 Å². The van der Waals surface area contributed by atoms with E-state index in [-0.39, 0.29) is 10.8 Å². The minimum Gasteiger partial charge on any atom is -0.497 e. The smallest absolute Gasteiger partial charge is 0.339 e. The Morgan fingerprint density at radius 2 is 1.68 bits per heavy atom. The molecule has 1 atom stereocenters. The molecule has 0 saturated carbocycles. The monoisotopic (exact) mass is 320 g/mol. The van der Waals surface area contributed by atoms with E-state index in [0.29, 0.717) is 11.5 Å². The second kappa shape index (κ2) is 6.83. The molecule has 0 radical (unpaired) electrons. The molecule has 0 bridgehead atoms. The van der Waals surface area contributed by atoms with Gasteiger partial charge in [-0.15, -0.1) is 0 Å². The van der Waals surface area contributed by atoms with Crippen LogP contribution in [0.25, 0.3) is 0 Å². The summed E-state index contributed by atoms with van der Waals surface area (Å²) in [6.45, 7) is 4.10. The van der Waals surface area contributed by atoms with E-state index in [1.165, 1.54) is 19.2 Å². The molecule has 22 heavy (non-hydrogen) atoms. The summed E-state index contributed by atoms with van der Waals surface area (Å²) in [5, 5.41) is 0. The summed E-state index contributed by atoms with van der Waals surface area (Å²) >= 11 is 0. The maximum absolute atomic E-state index is 12.4. The normalized spacial score (nSPS) is 12.7. The highest BCUT2D eigenvalue weighted by Gasteiger charge is 2.19. The van der Waals surface area contributed by atoms with E-state index in [1.807, 2.05) is 19.1 Å². The van der Waals surface area contributed by atoms with Gasteiger partial charge in [-0.2, -0.15) is 8.42 Å². The molecule has 0 fully saturated rings. The molecule has 0 heterocycles. The van der Waals surface area contributed by atoms with Crippen LogP contribution in [0.3, 0.4) is 0 Å². The number of para-hydroxylation sites is 1. The average Bonchev–Trinajstić information content (AvgIpc) is 2.54. The third-order valence-corrected chi connectivity index (χ3v) is 4.86. The van der Waals surface area contributed by atoms with Crippen LogP contribution in [0.4, 0.5) is 0 Å².